The van der Waals surface area contributed by atoms with Crippen LogP contribution in [0.2, 0.25) is 0 Å². The minimum Gasteiger partial charge on any atom is -2.00 e. The molecule has 0 spiro atoms. The monoisotopic (exact) mass is 173 g/mol. The van der Waals surface area contributed by atoms with Crippen molar-refractivity contribution in [2.24, 2.45) is 0 Å². The van der Waals surface area contributed by atoms with Gasteiger partial charge in [0.05, 0.1) is 0 Å². The second-order valence-corrected chi connectivity index (χ2v) is 0. The van der Waals surface area contributed by atoms with Crippen molar-refractivity contribution in [1.82, 2.24) is 0 Å². The second-order valence-electron chi connectivity index (χ2n) is 0. The van der Waals surface area contributed by atoms with E-state index >= 15 is 0 Å². The summed E-state index contributed by atoms with van der Waals surface area (Å²) in [5, 5.41) is 0. The van der Waals surface area contributed by atoms with E-state index in [1.807, 2.05) is 0 Å². The Morgan fingerprint density at radius 3 is 0.571 bits per heavy atom. The topological polar surface area (TPSA) is 120 Å². The van der Waals surface area contributed by atoms with Crippen LogP contribution in [0.5, 0.6) is 0 Å². The first-order valence-corrected chi connectivity index (χ1v) is 0. The van der Waals surface area contributed by atoms with Crippen molar-refractivity contribution in [1.29, 1.82) is 0 Å². The maximum Gasteiger partial charge on any atom is 2.00 e. The zero-order valence-corrected chi connectivity index (χ0v) is 9.19. The molecule has 0 atom stereocenters. The molecule has 0 aromatic heterocycles. The zero-order valence-electron chi connectivity index (χ0n) is 4.15. The maximum absolute atomic E-state index is 0. The van der Waals surface area contributed by atoms with Crippen molar-refractivity contribution in [3.05, 3.63) is 0 Å². The van der Waals surface area contributed by atoms with Crippen molar-refractivity contribution in [3.63, 3.8) is 0 Å². The summed E-state index contributed by atoms with van der Waals surface area (Å²) in [5.74, 6) is 0. The van der Waals surface area contributed by atoms with Crippen molar-refractivity contribution in [2.75, 3.05) is 0 Å². The smallest absolute Gasteiger partial charge is 2.00 e. The van der Waals surface area contributed by atoms with E-state index in [2.05, 4.69) is 0 Å². The Hall–Kier alpha value is 2.35. The second kappa shape index (κ2) is 81.8. The van der Waals surface area contributed by atoms with Crippen LogP contribution in [0, 0.1) is 0 Å². The molecule has 4 N–H and O–H groups in total. The van der Waals surface area contributed by atoms with E-state index in [0.29, 0.717) is 0 Å². The van der Waals surface area contributed by atoms with Gasteiger partial charge in [-0.3, -0.25) is 0 Å². The third-order valence-corrected chi connectivity index (χ3v) is 0. The van der Waals surface area contributed by atoms with Crippen LogP contribution in [0.1, 0.15) is 0 Å². The number of rotatable bonds is 0. The molecular formula is H4CoNa2O4. The van der Waals surface area contributed by atoms with Gasteiger partial charge in [0.25, 0.3) is 0 Å². The molecule has 0 fully saturated rings. The van der Waals surface area contributed by atoms with E-state index in [-0.39, 0.29) is 97.8 Å². The van der Waals surface area contributed by atoms with Gasteiger partial charge >= 0.3 is 75.9 Å². The first kappa shape index (κ1) is 118. The van der Waals surface area contributed by atoms with Gasteiger partial charge in [0.15, 0.2) is 0 Å². The quantitative estimate of drug-likeness (QED) is 0.323. The molecule has 0 unspecified atom stereocenters. The van der Waals surface area contributed by atoms with Gasteiger partial charge in [0.2, 0.25) is 0 Å². The average Bonchev–Trinajstić information content (AvgIpc) is 0. The molecule has 0 aromatic rings. The van der Waals surface area contributed by atoms with Gasteiger partial charge in [-0.05, 0) is 0 Å². The normalized spacial score (nSPS) is 0. The molecule has 7 heavy (non-hydrogen) atoms. The Balaban J connectivity index is 0. The summed E-state index contributed by atoms with van der Waals surface area (Å²) in [7, 11) is 0. The Labute approximate surface area is 96.4 Å². The summed E-state index contributed by atoms with van der Waals surface area (Å²) in [6, 6.07) is 0. The van der Waals surface area contributed by atoms with Crippen molar-refractivity contribution < 1.29 is 97.8 Å². The molecule has 0 saturated heterocycles. The van der Waals surface area contributed by atoms with Gasteiger partial charge in [0, 0.05) is 0 Å². The first-order valence-electron chi connectivity index (χ1n) is 0. The average molecular weight is 173 g/mol. The molecule has 39 valence electrons. The molecule has 0 aliphatic rings. The Morgan fingerprint density at radius 2 is 0.571 bits per heavy atom. The summed E-state index contributed by atoms with van der Waals surface area (Å²) in [4.78, 5) is 0. The predicted octanol–water partition coefficient (Wildman–Crippen LogP) is -7.88. The van der Waals surface area contributed by atoms with Crippen LogP contribution in [0.25, 0.3) is 0 Å². The van der Waals surface area contributed by atoms with Gasteiger partial charge in [-0.15, -0.1) is 0 Å². The SMILES string of the molecule is O.O.[Co+2].[Na+].[Na+].[O-2].[O-2]. The van der Waals surface area contributed by atoms with Crippen LogP contribution < -0.4 is 59.1 Å². The Kier molecular flexibility index (Phi) is 1380. The molecule has 0 saturated carbocycles. The summed E-state index contributed by atoms with van der Waals surface area (Å²) in [5.41, 5.74) is 0. The fraction of sp³-hybridized carbons (Fsp3) is 0. The molecule has 7 heteroatoms. The fourth-order valence-electron chi connectivity index (χ4n) is 0. The summed E-state index contributed by atoms with van der Waals surface area (Å²) < 4.78 is 0. The van der Waals surface area contributed by atoms with E-state index in [0.717, 1.165) is 0 Å². The van der Waals surface area contributed by atoms with E-state index in [1.165, 1.54) is 0 Å². The Bertz CT molecular complexity index is 9.65. The summed E-state index contributed by atoms with van der Waals surface area (Å²) in [6.45, 7) is 0. The van der Waals surface area contributed by atoms with E-state index in [1.54, 1.807) is 0 Å². The summed E-state index contributed by atoms with van der Waals surface area (Å²) in [6.07, 6.45) is 0. The van der Waals surface area contributed by atoms with Gasteiger partial charge in [-0.2, -0.15) is 0 Å². The van der Waals surface area contributed by atoms with Crippen molar-refractivity contribution in [3.8, 4) is 0 Å². The molecule has 0 aromatic carbocycles. The first-order chi connectivity index (χ1) is 0. The van der Waals surface area contributed by atoms with Crippen LogP contribution in [-0.4, -0.2) is 11.0 Å². The maximum atomic E-state index is 0. The largest absolute Gasteiger partial charge is 2.00 e. The Morgan fingerprint density at radius 1 is 0.571 bits per heavy atom. The molecular weight excluding hydrogens is 169 g/mol. The zero-order chi connectivity index (χ0) is 0. The fourth-order valence-corrected chi connectivity index (χ4v) is 0. The standard InChI is InChI=1S/Co.2Na.2H2O.2O/h;;;2*1H2;;/q+2;2*+1;;;2*-2. The van der Waals surface area contributed by atoms with Crippen LogP contribution in [-0.2, 0) is 27.7 Å². The molecule has 0 bridgehead atoms. The van der Waals surface area contributed by atoms with Crippen LogP contribution in [0.15, 0.2) is 0 Å². The van der Waals surface area contributed by atoms with Crippen LogP contribution >= 0.6 is 0 Å². The van der Waals surface area contributed by atoms with E-state index in [9.17, 15) is 0 Å². The van der Waals surface area contributed by atoms with Crippen LogP contribution in [0.3, 0.4) is 0 Å². The van der Waals surface area contributed by atoms with Crippen molar-refractivity contribution >= 4 is 0 Å². The summed E-state index contributed by atoms with van der Waals surface area (Å²) >= 11 is 0. The third kappa shape index (κ3) is 61.1. The third-order valence-electron chi connectivity index (χ3n) is 0. The molecule has 0 amide bonds. The van der Waals surface area contributed by atoms with Crippen LogP contribution in [0.4, 0.5) is 0 Å². The predicted molar refractivity (Wildman–Crippen MR) is 8.60 cm³/mol. The van der Waals surface area contributed by atoms with Gasteiger partial charge in [-0.1, -0.05) is 0 Å². The minimum atomic E-state index is 0. The molecule has 0 rings (SSSR count). The molecule has 0 aliphatic heterocycles. The van der Waals surface area contributed by atoms with Gasteiger partial charge in [-0.25, -0.2) is 0 Å². The van der Waals surface area contributed by atoms with E-state index in [4.69, 9.17) is 0 Å². The molecule has 1 radical (unpaired) electrons. The van der Waals surface area contributed by atoms with Gasteiger partial charge < -0.3 is 21.9 Å². The number of hydrogen-bond acceptors (Lipinski definition) is 0. The molecule has 0 aliphatic carbocycles. The molecule has 4 nitrogen and oxygen atoms in total. The van der Waals surface area contributed by atoms with E-state index < -0.39 is 0 Å². The number of hydrogen-bond donors (Lipinski definition) is 0. The van der Waals surface area contributed by atoms with Crippen molar-refractivity contribution in [2.45, 2.75) is 0 Å². The van der Waals surface area contributed by atoms with Gasteiger partial charge in [0.1, 0.15) is 0 Å². The molecule has 0 heterocycles. The minimum absolute atomic E-state index is 0.